The molecule has 21 heavy (non-hydrogen) atoms. The van der Waals surface area contributed by atoms with Crippen molar-refractivity contribution in [1.82, 2.24) is 0 Å². The number of Topliss-reactive ketones (excluding diaryl/α,β-unsaturated/α-hetero) is 1. The van der Waals surface area contributed by atoms with Gasteiger partial charge in [-0.15, -0.1) is 0 Å². The lowest BCUT2D eigenvalue weighted by atomic mass is 9.90. The Balaban J connectivity index is 2.39. The van der Waals surface area contributed by atoms with Gasteiger partial charge in [0.15, 0.2) is 0 Å². The molecule has 0 spiro atoms. The summed E-state index contributed by atoms with van der Waals surface area (Å²) in [5.74, 6) is -0.593. The average molecular weight is 296 g/mol. The fourth-order valence-electron chi connectivity index (χ4n) is 2.57. The standard InChI is InChI=1S/C16H24O5/c1-21-16(20)9-5-3-2-4-7-12-13(8-6-10-17)15(19)11-14(12)18/h2,4,6,8,12-13,15,17,19H,3,5,7,9-11H2,1H3/b4-2-,8-6+/t12-,13-,15-/m1/s1. The van der Waals surface area contributed by atoms with Crippen molar-refractivity contribution < 1.29 is 24.5 Å². The fourth-order valence-corrected chi connectivity index (χ4v) is 2.57. The summed E-state index contributed by atoms with van der Waals surface area (Å²) in [6, 6.07) is 0. The van der Waals surface area contributed by atoms with Gasteiger partial charge in [-0.25, -0.2) is 0 Å². The minimum Gasteiger partial charge on any atom is -0.469 e. The number of ether oxygens (including phenoxy) is 1. The third-order valence-corrected chi connectivity index (χ3v) is 3.73. The molecule has 3 atom stereocenters. The molecular weight excluding hydrogens is 272 g/mol. The minimum absolute atomic E-state index is 0.0642. The highest BCUT2D eigenvalue weighted by atomic mass is 16.5. The Labute approximate surface area is 125 Å². The quantitative estimate of drug-likeness (QED) is 0.402. The van der Waals surface area contributed by atoms with Crippen LogP contribution in [0.3, 0.4) is 0 Å². The number of rotatable bonds is 8. The topological polar surface area (TPSA) is 83.8 Å². The summed E-state index contributed by atoms with van der Waals surface area (Å²) in [6.45, 7) is -0.0898. The van der Waals surface area contributed by atoms with Gasteiger partial charge < -0.3 is 14.9 Å². The number of methoxy groups -OCH3 is 1. The van der Waals surface area contributed by atoms with E-state index in [4.69, 9.17) is 5.11 Å². The number of esters is 1. The van der Waals surface area contributed by atoms with Crippen LogP contribution in [-0.2, 0) is 14.3 Å². The summed E-state index contributed by atoms with van der Waals surface area (Å²) in [5, 5.41) is 18.7. The van der Waals surface area contributed by atoms with Gasteiger partial charge in [0.25, 0.3) is 0 Å². The lowest BCUT2D eigenvalue weighted by Gasteiger charge is -2.15. The van der Waals surface area contributed by atoms with Gasteiger partial charge in [0, 0.05) is 24.7 Å². The van der Waals surface area contributed by atoms with Crippen LogP contribution in [0.25, 0.3) is 0 Å². The second-order valence-electron chi connectivity index (χ2n) is 5.21. The zero-order chi connectivity index (χ0) is 15.7. The molecule has 5 heteroatoms. The van der Waals surface area contributed by atoms with E-state index in [1.807, 2.05) is 12.2 Å². The predicted molar refractivity (Wildman–Crippen MR) is 78.5 cm³/mol. The predicted octanol–water partition coefficient (Wildman–Crippen LogP) is 1.39. The zero-order valence-corrected chi connectivity index (χ0v) is 12.4. The molecule has 1 fully saturated rings. The van der Waals surface area contributed by atoms with Crippen molar-refractivity contribution in [3.63, 3.8) is 0 Å². The number of aliphatic hydroxyl groups is 2. The molecule has 0 aromatic carbocycles. The molecule has 0 amide bonds. The lowest BCUT2D eigenvalue weighted by Crippen LogP contribution is -2.18. The molecule has 2 N–H and O–H groups in total. The summed E-state index contributed by atoms with van der Waals surface area (Å²) < 4.78 is 4.55. The summed E-state index contributed by atoms with van der Waals surface area (Å²) >= 11 is 0. The van der Waals surface area contributed by atoms with E-state index in [1.165, 1.54) is 7.11 Å². The van der Waals surface area contributed by atoms with Gasteiger partial charge >= 0.3 is 5.97 Å². The van der Waals surface area contributed by atoms with Gasteiger partial charge in [-0.2, -0.15) is 0 Å². The third-order valence-electron chi connectivity index (χ3n) is 3.73. The highest BCUT2D eigenvalue weighted by molar-refractivity contribution is 5.84. The second kappa shape index (κ2) is 9.47. The fraction of sp³-hybridized carbons (Fsp3) is 0.625. The molecule has 1 aliphatic rings. The number of ketones is 1. The first-order valence-corrected chi connectivity index (χ1v) is 7.30. The molecule has 118 valence electrons. The summed E-state index contributed by atoms with van der Waals surface area (Å²) in [4.78, 5) is 22.8. The van der Waals surface area contributed by atoms with Crippen molar-refractivity contribution in [2.75, 3.05) is 13.7 Å². The molecule has 5 nitrogen and oxygen atoms in total. The molecule has 0 aliphatic heterocycles. The number of hydrogen-bond acceptors (Lipinski definition) is 5. The molecule has 0 heterocycles. The number of carbonyl (C=O) groups excluding carboxylic acids is 2. The SMILES string of the molecule is COC(=O)CCC/C=C\C[C@H]1C(=O)C[C@@H](O)[C@@H]1/C=C/CO. The molecule has 0 aromatic heterocycles. The first kappa shape index (κ1) is 17.6. The van der Waals surface area contributed by atoms with Crippen LogP contribution in [-0.4, -0.2) is 41.8 Å². The minimum atomic E-state index is -0.655. The molecule has 1 aliphatic carbocycles. The summed E-state index contributed by atoms with van der Waals surface area (Å²) in [6.07, 6.45) is 9.15. The highest BCUT2D eigenvalue weighted by Crippen LogP contribution is 2.33. The maximum Gasteiger partial charge on any atom is 0.305 e. The van der Waals surface area contributed by atoms with Crippen LogP contribution in [0.2, 0.25) is 0 Å². The molecule has 0 bridgehead atoms. The third kappa shape index (κ3) is 5.81. The van der Waals surface area contributed by atoms with Gasteiger partial charge in [-0.3, -0.25) is 9.59 Å². The maximum atomic E-state index is 11.9. The second-order valence-corrected chi connectivity index (χ2v) is 5.21. The first-order chi connectivity index (χ1) is 10.1. The van der Waals surface area contributed by atoms with Crippen molar-refractivity contribution >= 4 is 11.8 Å². The highest BCUT2D eigenvalue weighted by Gasteiger charge is 2.38. The number of hydrogen-bond donors (Lipinski definition) is 2. The van der Waals surface area contributed by atoms with Gasteiger partial charge in [0.2, 0.25) is 0 Å². The molecule has 0 radical (unpaired) electrons. The van der Waals surface area contributed by atoms with Crippen LogP contribution in [0.4, 0.5) is 0 Å². The van der Waals surface area contributed by atoms with E-state index in [0.717, 1.165) is 12.8 Å². The normalized spacial score (nSPS) is 26.0. The van der Waals surface area contributed by atoms with E-state index >= 15 is 0 Å². The number of carbonyl (C=O) groups is 2. The Kier molecular flexibility index (Phi) is 7.93. The van der Waals surface area contributed by atoms with E-state index in [1.54, 1.807) is 12.2 Å². The Morgan fingerprint density at radius 2 is 2.14 bits per heavy atom. The smallest absolute Gasteiger partial charge is 0.305 e. The van der Waals surface area contributed by atoms with Crippen molar-refractivity contribution in [3.05, 3.63) is 24.3 Å². The Morgan fingerprint density at radius 1 is 1.38 bits per heavy atom. The maximum absolute atomic E-state index is 11.9. The number of aliphatic hydroxyl groups excluding tert-OH is 2. The first-order valence-electron chi connectivity index (χ1n) is 7.30. The van der Waals surface area contributed by atoms with E-state index in [2.05, 4.69) is 4.74 Å². The van der Waals surface area contributed by atoms with Crippen molar-refractivity contribution in [2.45, 2.75) is 38.2 Å². The van der Waals surface area contributed by atoms with Gasteiger partial charge in [-0.05, 0) is 19.3 Å². The molecule has 0 saturated heterocycles. The van der Waals surface area contributed by atoms with Gasteiger partial charge in [0.05, 0.1) is 19.8 Å². The van der Waals surface area contributed by atoms with Gasteiger partial charge in [-0.1, -0.05) is 24.3 Å². The van der Waals surface area contributed by atoms with Crippen molar-refractivity contribution in [3.8, 4) is 0 Å². The van der Waals surface area contributed by atoms with E-state index < -0.39 is 6.10 Å². The summed E-state index contributed by atoms with van der Waals surface area (Å²) in [5.41, 5.74) is 0. The average Bonchev–Trinajstić information content (AvgIpc) is 2.74. The van der Waals surface area contributed by atoms with Crippen LogP contribution in [0.15, 0.2) is 24.3 Å². The Hall–Kier alpha value is -1.46. The van der Waals surface area contributed by atoms with Crippen LogP contribution >= 0.6 is 0 Å². The molecule has 0 unspecified atom stereocenters. The van der Waals surface area contributed by atoms with Crippen LogP contribution in [0.1, 0.15) is 32.1 Å². The van der Waals surface area contributed by atoms with E-state index in [-0.39, 0.29) is 36.6 Å². The lowest BCUT2D eigenvalue weighted by molar-refractivity contribution is -0.140. The Bertz CT molecular complexity index is 399. The van der Waals surface area contributed by atoms with E-state index in [0.29, 0.717) is 12.8 Å². The van der Waals surface area contributed by atoms with Crippen molar-refractivity contribution in [2.24, 2.45) is 11.8 Å². The molecule has 1 saturated carbocycles. The molecule has 0 aromatic rings. The van der Waals surface area contributed by atoms with Gasteiger partial charge in [0.1, 0.15) is 5.78 Å². The van der Waals surface area contributed by atoms with Crippen LogP contribution < -0.4 is 0 Å². The summed E-state index contributed by atoms with van der Waals surface area (Å²) in [7, 11) is 1.37. The van der Waals surface area contributed by atoms with Crippen LogP contribution in [0.5, 0.6) is 0 Å². The largest absolute Gasteiger partial charge is 0.469 e. The van der Waals surface area contributed by atoms with E-state index in [9.17, 15) is 14.7 Å². The molecular formula is C16H24O5. The number of unbranched alkanes of at least 4 members (excludes halogenated alkanes) is 1. The Morgan fingerprint density at radius 3 is 2.81 bits per heavy atom. The van der Waals surface area contributed by atoms with Crippen LogP contribution in [0, 0.1) is 11.8 Å². The van der Waals surface area contributed by atoms with Crippen molar-refractivity contribution in [1.29, 1.82) is 0 Å². The monoisotopic (exact) mass is 296 g/mol. The number of allylic oxidation sites excluding steroid dienone is 2. The zero-order valence-electron chi connectivity index (χ0n) is 12.4. The molecule has 1 rings (SSSR count).